The first-order valence-electron chi connectivity index (χ1n) is 12.7. The van der Waals surface area contributed by atoms with Crippen molar-refractivity contribution in [1.29, 1.82) is 0 Å². The number of carbonyl (C=O) groups excluding carboxylic acids is 1. The van der Waals surface area contributed by atoms with Crippen LogP contribution in [-0.2, 0) is 6.54 Å². The van der Waals surface area contributed by atoms with Crippen molar-refractivity contribution < 1.29 is 14.3 Å². The Kier molecular flexibility index (Phi) is 6.67. The summed E-state index contributed by atoms with van der Waals surface area (Å²) in [6.45, 7) is 7.79. The summed E-state index contributed by atoms with van der Waals surface area (Å²) in [5.41, 5.74) is 3.97. The summed E-state index contributed by atoms with van der Waals surface area (Å²) in [7, 11) is 0. The molecule has 0 aliphatic carbocycles. The number of rotatable bonds is 5. The summed E-state index contributed by atoms with van der Waals surface area (Å²) in [6.07, 6.45) is 2.59. The summed E-state index contributed by atoms with van der Waals surface area (Å²) in [5.74, 6) is 1.98. The predicted octanol–water partition coefficient (Wildman–Crippen LogP) is 5.86. The van der Waals surface area contributed by atoms with Gasteiger partial charge in [0.25, 0.3) is 5.91 Å². The van der Waals surface area contributed by atoms with E-state index in [1.165, 1.54) is 5.56 Å². The molecule has 5 heteroatoms. The second kappa shape index (κ2) is 10.0. The first kappa shape index (κ1) is 23.3. The molecular formula is C30H34N2O3. The van der Waals surface area contributed by atoms with E-state index in [9.17, 15) is 4.79 Å². The molecule has 0 radical (unpaired) electrons. The molecule has 3 aromatic rings. The zero-order valence-electron chi connectivity index (χ0n) is 20.7. The number of hydrogen-bond donors (Lipinski definition) is 0. The quantitative estimate of drug-likeness (QED) is 0.469. The molecule has 182 valence electrons. The van der Waals surface area contributed by atoms with Crippen LogP contribution >= 0.6 is 0 Å². The number of fused-ring (bicyclic) bond motifs is 1. The Labute approximate surface area is 208 Å². The van der Waals surface area contributed by atoms with Crippen LogP contribution in [0.5, 0.6) is 11.5 Å². The van der Waals surface area contributed by atoms with Crippen molar-refractivity contribution in [3.8, 4) is 11.5 Å². The molecule has 0 unspecified atom stereocenters. The highest BCUT2D eigenvalue weighted by atomic mass is 16.5. The number of carbonyl (C=O) groups is 1. The topological polar surface area (TPSA) is 42.0 Å². The van der Waals surface area contributed by atoms with Gasteiger partial charge < -0.3 is 19.3 Å². The fraction of sp³-hybridized carbons (Fsp3) is 0.367. The molecule has 0 atom stereocenters. The molecule has 0 bridgehead atoms. The molecule has 0 saturated carbocycles. The zero-order chi connectivity index (χ0) is 24.3. The van der Waals surface area contributed by atoms with Crippen LogP contribution in [0, 0.1) is 6.92 Å². The van der Waals surface area contributed by atoms with Gasteiger partial charge in [-0.3, -0.25) is 4.79 Å². The molecule has 5 rings (SSSR count). The van der Waals surface area contributed by atoms with Gasteiger partial charge >= 0.3 is 0 Å². The molecule has 2 aliphatic rings. The summed E-state index contributed by atoms with van der Waals surface area (Å²) in [4.78, 5) is 17.4. The molecule has 2 aliphatic heterocycles. The van der Waals surface area contributed by atoms with Crippen LogP contribution < -0.4 is 14.4 Å². The van der Waals surface area contributed by atoms with E-state index in [2.05, 4.69) is 35.2 Å². The largest absolute Gasteiger partial charge is 0.494 e. The number of nitrogens with zero attached hydrogens (tertiary/aromatic N) is 2. The number of ether oxygens (including phenoxy) is 2. The Balaban J connectivity index is 1.32. The summed E-state index contributed by atoms with van der Waals surface area (Å²) >= 11 is 0. The van der Waals surface area contributed by atoms with Crippen molar-refractivity contribution in [3.05, 3.63) is 89.5 Å². The lowest BCUT2D eigenvalue weighted by atomic mass is 9.87. The van der Waals surface area contributed by atoms with Crippen molar-refractivity contribution in [2.24, 2.45) is 0 Å². The van der Waals surface area contributed by atoms with E-state index in [4.69, 9.17) is 9.47 Å². The number of piperidine rings is 1. The second-order valence-corrected chi connectivity index (χ2v) is 9.62. The number of anilines is 1. The van der Waals surface area contributed by atoms with Crippen LogP contribution in [0.1, 0.15) is 47.7 Å². The van der Waals surface area contributed by atoms with Gasteiger partial charge in [0, 0.05) is 56.6 Å². The third kappa shape index (κ3) is 5.00. The van der Waals surface area contributed by atoms with Gasteiger partial charge in [0.2, 0.25) is 0 Å². The summed E-state index contributed by atoms with van der Waals surface area (Å²) in [6, 6.07) is 24.5. The van der Waals surface area contributed by atoms with Crippen molar-refractivity contribution >= 4 is 11.6 Å². The van der Waals surface area contributed by atoms with Gasteiger partial charge in [0.05, 0.1) is 12.3 Å². The second-order valence-electron chi connectivity index (χ2n) is 9.62. The minimum absolute atomic E-state index is 0.114. The maximum Gasteiger partial charge on any atom is 0.253 e. The monoisotopic (exact) mass is 470 g/mol. The normalized spacial score (nSPS) is 16.9. The van der Waals surface area contributed by atoms with Gasteiger partial charge in [-0.15, -0.1) is 0 Å². The van der Waals surface area contributed by atoms with Gasteiger partial charge in [0.1, 0.15) is 17.1 Å². The fourth-order valence-electron chi connectivity index (χ4n) is 5.20. The molecule has 1 saturated heterocycles. The Morgan fingerprint density at radius 2 is 1.60 bits per heavy atom. The van der Waals surface area contributed by atoms with Gasteiger partial charge in [-0.25, -0.2) is 0 Å². The molecule has 1 fully saturated rings. The summed E-state index contributed by atoms with van der Waals surface area (Å²) in [5, 5.41) is 0. The lowest BCUT2D eigenvalue weighted by Gasteiger charge is -2.41. The molecule has 0 N–H and O–H groups in total. The van der Waals surface area contributed by atoms with Crippen LogP contribution in [0.2, 0.25) is 0 Å². The van der Waals surface area contributed by atoms with Crippen LogP contribution in [0.3, 0.4) is 0 Å². The van der Waals surface area contributed by atoms with E-state index in [1.54, 1.807) is 0 Å². The molecule has 1 amide bonds. The van der Waals surface area contributed by atoms with Gasteiger partial charge in [-0.2, -0.15) is 0 Å². The van der Waals surface area contributed by atoms with Crippen LogP contribution in [0.25, 0.3) is 0 Å². The number of amides is 1. The Hall–Kier alpha value is -3.47. The third-order valence-electron chi connectivity index (χ3n) is 7.26. The standard InChI is InChI=1S/C30H34N2O3/c1-3-34-27-10-6-4-8-25(27)22-32-21-18-30(35-28-11-7-5-9-26(28)32)16-19-31(20-17-30)29(33)24-14-12-23(2)13-15-24/h4-15H,3,16-22H2,1-2H3. The van der Waals surface area contributed by atoms with Gasteiger partial charge in [-0.1, -0.05) is 48.0 Å². The number of benzene rings is 3. The SMILES string of the molecule is CCOc1ccccc1CN1CCC2(CCN(C(=O)c3ccc(C)cc3)CC2)Oc2ccccc21. The Morgan fingerprint density at radius 3 is 2.37 bits per heavy atom. The van der Waals surface area contributed by atoms with Crippen LogP contribution in [0.15, 0.2) is 72.8 Å². The molecule has 0 aromatic heterocycles. The van der Waals surface area contributed by atoms with E-state index in [1.807, 2.05) is 61.2 Å². The number of hydrogen-bond acceptors (Lipinski definition) is 4. The van der Waals surface area contributed by atoms with Crippen LogP contribution in [0.4, 0.5) is 5.69 Å². The Bertz CT molecular complexity index is 1170. The first-order valence-corrected chi connectivity index (χ1v) is 12.7. The van der Waals surface area contributed by atoms with E-state index in [0.29, 0.717) is 19.7 Å². The van der Waals surface area contributed by atoms with Crippen molar-refractivity contribution in [2.75, 3.05) is 31.1 Å². The van der Waals surface area contributed by atoms with E-state index in [-0.39, 0.29) is 11.5 Å². The van der Waals surface area contributed by atoms with Crippen molar-refractivity contribution in [2.45, 2.75) is 45.3 Å². The molecule has 35 heavy (non-hydrogen) atoms. The number of para-hydroxylation sites is 3. The average Bonchev–Trinajstić information content (AvgIpc) is 3.03. The van der Waals surface area contributed by atoms with E-state index < -0.39 is 0 Å². The van der Waals surface area contributed by atoms with E-state index >= 15 is 0 Å². The lowest BCUT2D eigenvalue weighted by Crippen LogP contribution is -2.50. The number of aryl methyl sites for hydroxylation is 1. The third-order valence-corrected chi connectivity index (χ3v) is 7.26. The first-order chi connectivity index (χ1) is 17.1. The minimum Gasteiger partial charge on any atom is -0.494 e. The predicted molar refractivity (Wildman–Crippen MR) is 139 cm³/mol. The fourth-order valence-corrected chi connectivity index (χ4v) is 5.20. The highest BCUT2D eigenvalue weighted by Gasteiger charge is 2.40. The van der Waals surface area contributed by atoms with Gasteiger partial charge in [0.15, 0.2) is 0 Å². The van der Waals surface area contributed by atoms with E-state index in [0.717, 1.165) is 60.7 Å². The highest BCUT2D eigenvalue weighted by Crippen LogP contribution is 2.41. The molecule has 5 nitrogen and oxygen atoms in total. The maximum absolute atomic E-state index is 13.1. The number of likely N-dealkylation sites (tertiary alicyclic amines) is 1. The van der Waals surface area contributed by atoms with Crippen LogP contribution in [-0.4, -0.2) is 42.6 Å². The maximum atomic E-state index is 13.1. The zero-order valence-corrected chi connectivity index (χ0v) is 20.7. The van der Waals surface area contributed by atoms with Gasteiger partial charge in [-0.05, 0) is 44.2 Å². The summed E-state index contributed by atoms with van der Waals surface area (Å²) < 4.78 is 12.7. The molecular weight excluding hydrogens is 436 g/mol. The molecule has 2 heterocycles. The smallest absolute Gasteiger partial charge is 0.253 e. The lowest BCUT2D eigenvalue weighted by molar-refractivity contribution is 0.00239. The molecule has 1 spiro atoms. The van der Waals surface area contributed by atoms with Crippen molar-refractivity contribution in [3.63, 3.8) is 0 Å². The average molecular weight is 471 g/mol. The molecule has 3 aromatic carbocycles. The highest BCUT2D eigenvalue weighted by molar-refractivity contribution is 5.94. The Morgan fingerprint density at radius 1 is 0.914 bits per heavy atom. The van der Waals surface area contributed by atoms with Crippen molar-refractivity contribution in [1.82, 2.24) is 4.90 Å². The minimum atomic E-state index is -0.256.